The Morgan fingerprint density at radius 1 is 0.343 bits per heavy atom. The van der Waals surface area contributed by atoms with Gasteiger partial charge in [0.25, 0.3) is 0 Å². The summed E-state index contributed by atoms with van der Waals surface area (Å²) >= 11 is 0. The summed E-state index contributed by atoms with van der Waals surface area (Å²) < 4.78 is 0. The summed E-state index contributed by atoms with van der Waals surface area (Å²) in [6, 6.07) is 12.4. The minimum absolute atomic E-state index is 0.0671. The lowest BCUT2D eigenvalue weighted by Gasteiger charge is -2.40. The summed E-state index contributed by atoms with van der Waals surface area (Å²) in [6.45, 7) is 40.3. The van der Waals surface area contributed by atoms with Crippen LogP contribution in [0.1, 0.15) is 157 Å². The van der Waals surface area contributed by atoms with Crippen LogP contribution in [-0.2, 0) is 32.5 Å². The second-order valence-electron chi connectivity index (χ2n) is 16.6. The van der Waals surface area contributed by atoms with Gasteiger partial charge in [0.1, 0.15) is 0 Å². The third-order valence-electron chi connectivity index (χ3n) is 7.59. The molecule has 2 rings (SSSR count). The lowest BCUT2D eigenvalue weighted by atomic mass is 9.64. The maximum Gasteiger partial charge on any atom is 0.0149 e. The molecule has 0 N–H and O–H groups in total. The van der Waals surface area contributed by atoms with E-state index in [4.69, 9.17) is 0 Å². The zero-order valence-electron chi connectivity index (χ0n) is 26.4. The minimum Gasteiger partial charge on any atom is -0.0582 e. The molecule has 0 aromatic heterocycles. The molecule has 0 atom stereocenters. The number of hydrogen-bond donors (Lipinski definition) is 0. The lowest BCUT2D eigenvalue weighted by molar-refractivity contribution is 0.491. The minimum atomic E-state index is -0.116. The smallest absolute Gasteiger partial charge is 0.0149 e. The predicted molar refractivity (Wildman–Crippen MR) is 159 cm³/mol. The molecular weight excluding hydrogens is 420 g/mol. The molecule has 0 heteroatoms. The Kier molecular flexibility index (Phi) is 7.44. The maximum atomic E-state index is 2.54. The summed E-state index contributed by atoms with van der Waals surface area (Å²) in [5, 5.41) is 0. The topological polar surface area (TPSA) is 0 Å². The van der Waals surface area contributed by atoms with E-state index >= 15 is 0 Å². The van der Waals surface area contributed by atoms with Crippen LogP contribution in [0.4, 0.5) is 0 Å². The quantitative estimate of drug-likeness (QED) is 0.404. The van der Waals surface area contributed by atoms with Crippen molar-refractivity contribution in [2.45, 2.75) is 150 Å². The first-order valence-electron chi connectivity index (χ1n) is 13.6. The second kappa shape index (κ2) is 8.78. The van der Waals surface area contributed by atoms with E-state index in [-0.39, 0.29) is 32.5 Å². The van der Waals surface area contributed by atoms with Gasteiger partial charge >= 0.3 is 0 Å². The largest absolute Gasteiger partial charge is 0.0582 e. The molecule has 0 nitrogen and oxygen atoms in total. The number of hydrogen-bond acceptors (Lipinski definition) is 0. The average Bonchev–Trinajstić information content (AvgIpc) is 2.62. The second-order valence-corrected chi connectivity index (χ2v) is 16.6. The van der Waals surface area contributed by atoms with Crippen LogP contribution in [0.15, 0.2) is 30.3 Å². The molecule has 0 saturated carbocycles. The summed E-state index contributed by atoms with van der Waals surface area (Å²) in [4.78, 5) is 0. The third kappa shape index (κ3) is 6.23. The Labute approximate surface area is 219 Å². The van der Waals surface area contributed by atoms with Crippen molar-refractivity contribution in [2.24, 2.45) is 0 Å². The van der Waals surface area contributed by atoms with Gasteiger partial charge in [-0.15, -0.1) is 0 Å². The van der Waals surface area contributed by atoms with Gasteiger partial charge in [-0.25, -0.2) is 0 Å². The summed E-state index contributed by atoms with van der Waals surface area (Å²) in [5.74, 6) is 0. The van der Waals surface area contributed by atoms with E-state index in [0.717, 1.165) is 0 Å². The molecule has 2 aromatic carbocycles. The van der Waals surface area contributed by atoms with Crippen molar-refractivity contribution in [3.05, 3.63) is 69.3 Å². The zero-order valence-corrected chi connectivity index (χ0v) is 26.4. The standard InChI is InChI=1S/C35H56/c1-30(2,3)23-18-19-25(26(20-23)31(4,5)6)35(16,17)24-21-27(32(7,8)9)29(34(13,14)15)28(22-24)33(10,11)12/h18-22H,1-17H3. The van der Waals surface area contributed by atoms with Crippen LogP contribution in [0.5, 0.6) is 0 Å². The highest BCUT2D eigenvalue weighted by Gasteiger charge is 2.37. The molecular formula is C35H56. The van der Waals surface area contributed by atoms with Gasteiger partial charge in [0.15, 0.2) is 0 Å². The Hall–Kier alpha value is -1.56. The molecule has 35 heavy (non-hydrogen) atoms. The monoisotopic (exact) mass is 476 g/mol. The number of benzene rings is 2. The highest BCUT2D eigenvalue weighted by molar-refractivity contribution is 5.54. The molecule has 0 aliphatic heterocycles. The van der Waals surface area contributed by atoms with Crippen molar-refractivity contribution < 1.29 is 0 Å². The fourth-order valence-corrected chi connectivity index (χ4v) is 5.33. The van der Waals surface area contributed by atoms with E-state index in [1.807, 2.05) is 0 Å². The van der Waals surface area contributed by atoms with Gasteiger partial charge in [-0.2, -0.15) is 0 Å². The lowest BCUT2D eigenvalue weighted by Crippen LogP contribution is -2.31. The van der Waals surface area contributed by atoms with Crippen LogP contribution in [0.25, 0.3) is 0 Å². The van der Waals surface area contributed by atoms with Gasteiger partial charge in [-0.05, 0) is 66.0 Å². The molecule has 196 valence electrons. The molecule has 2 aromatic rings. The maximum absolute atomic E-state index is 2.54. The third-order valence-corrected chi connectivity index (χ3v) is 7.59. The first kappa shape index (κ1) is 29.7. The van der Waals surface area contributed by atoms with Crippen LogP contribution in [0.3, 0.4) is 0 Å². The molecule has 0 heterocycles. The van der Waals surface area contributed by atoms with Gasteiger partial charge in [-0.3, -0.25) is 0 Å². The normalized spacial score (nSPS) is 14.4. The van der Waals surface area contributed by atoms with Gasteiger partial charge in [0, 0.05) is 5.41 Å². The number of rotatable bonds is 2. The highest BCUT2D eigenvalue weighted by Crippen LogP contribution is 2.46. The van der Waals surface area contributed by atoms with Crippen molar-refractivity contribution in [1.29, 1.82) is 0 Å². The molecule has 0 aliphatic carbocycles. The van der Waals surface area contributed by atoms with E-state index in [0.29, 0.717) is 0 Å². The highest BCUT2D eigenvalue weighted by atomic mass is 14.4. The molecule has 0 amide bonds. The summed E-state index contributed by atoms with van der Waals surface area (Å²) in [5.41, 5.74) is 10.6. The Bertz CT molecular complexity index is 1020. The van der Waals surface area contributed by atoms with E-state index < -0.39 is 0 Å². The Morgan fingerprint density at radius 3 is 1.03 bits per heavy atom. The van der Waals surface area contributed by atoms with Gasteiger partial charge < -0.3 is 0 Å². The molecule has 0 fully saturated rings. The van der Waals surface area contributed by atoms with E-state index in [2.05, 4.69) is 148 Å². The molecule has 0 saturated heterocycles. The first-order chi connectivity index (χ1) is 15.3. The van der Waals surface area contributed by atoms with Crippen LogP contribution in [-0.4, -0.2) is 0 Å². The van der Waals surface area contributed by atoms with Crippen LogP contribution in [0.2, 0.25) is 0 Å². The molecule has 0 spiro atoms. The van der Waals surface area contributed by atoms with Crippen LogP contribution < -0.4 is 0 Å². The van der Waals surface area contributed by atoms with Gasteiger partial charge in [0.2, 0.25) is 0 Å². The van der Waals surface area contributed by atoms with Crippen molar-refractivity contribution in [3.8, 4) is 0 Å². The van der Waals surface area contributed by atoms with Crippen molar-refractivity contribution in [1.82, 2.24) is 0 Å². The van der Waals surface area contributed by atoms with E-state index in [1.165, 1.54) is 38.9 Å². The molecule has 0 aliphatic rings. The first-order valence-corrected chi connectivity index (χ1v) is 13.6. The fourth-order valence-electron chi connectivity index (χ4n) is 5.33. The van der Waals surface area contributed by atoms with Gasteiger partial charge in [-0.1, -0.05) is 148 Å². The van der Waals surface area contributed by atoms with E-state index in [1.54, 1.807) is 0 Å². The van der Waals surface area contributed by atoms with Crippen LogP contribution in [0, 0.1) is 0 Å². The van der Waals surface area contributed by atoms with Crippen molar-refractivity contribution >= 4 is 0 Å². The summed E-state index contributed by atoms with van der Waals surface area (Å²) in [7, 11) is 0. The Morgan fingerprint density at radius 2 is 0.714 bits per heavy atom. The molecule has 0 bridgehead atoms. The molecule has 0 radical (unpaired) electrons. The van der Waals surface area contributed by atoms with E-state index in [9.17, 15) is 0 Å². The van der Waals surface area contributed by atoms with Crippen molar-refractivity contribution in [3.63, 3.8) is 0 Å². The molecule has 0 unspecified atom stereocenters. The predicted octanol–water partition coefficient (Wildman–Crippen LogP) is 10.5. The summed E-state index contributed by atoms with van der Waals surface area (Å²) in [6.07, 6.45) is 0. The zero-order chi connectivity index (χ0) is 27.6. The SMILES string of the molecule is CC(C)(C)c1ccc(C(C)(C)c2cc(C(C)(C)C)c(C(C)(C)C)c(C(C)(C)C)c2)c(C(C)(C)C)c1. The average molecular weight is 477 g/mol. The Balaban J connectivity index is 3.01. The van der Waals surface area contributed by atoms with Crippen molar-refractivity contribution in [2.75, 3.05) is 0 Å². The van der Waals surface area contributed by atoms with Gasteiger partial charge in [0.05, 0.1) is 0 Å². The van der Waals surface area contributed by atoms with Crippen LogP contribution >= 0.6 is 0 Å². The fraction of sp³-hybridized carbons (Fsp3) is 0.657.